The highest BCUT2D eigenvalue weighted by atomic mass is 16.7. The Kier molecular flexibility index (Phi) is 7.77. The third kappa shape index (κ3) is 5.67. The molecule has 28 heavy (non-hydrogen) atoms. The molecule has 9 heteroatoms. The summed E-state index contributed by atoms with van der Waals surface area (Å²) < 4.78 is 4.93. The standard InChI is InChI=1S/C19H27N3O6/c1-12(21-15(18(24)25)8-4-5-9-20)17(23)22-11-14-7-3-2-6-13(14)10-16(22)28-19(26)27/h2-3,6-7,12,15-16,21H,4-5,8-11,20H2,1H3,(H,24,25)(H,26,27)/t12-,15-,16-/m0/s1. The SMILES string of the molecule is C[C@H](N[C@@H](CCCCN)C(=O)O)C(=O)N1Cc2ccccc2C[C@@H]1OC(=O)O. The Balaban J connectivity index is 2.11. The van der Waals surface area contributed by atoms with E-state index in [4.69, 9.17) is 15.6 Å². The minimum Gasteiger partial charge on any atom is -0.480 e. The summed E-state index contributed by atoms with van der Waals surface area (Å²) in [5.41, 5.74) is 7.27. The number of nitrogens with one attached hydrogen (secondary N) is 1. The monoisotopic (exact) mass is 393 g/mol. The van der Waals surface area contributed by atoms with Gasteiger partial charge in [0.2, 0.25) is 5.91 Å². The van der Waals surface area contributed by atoms with Gasteiger partial charge in [0, 0.05) is 13.0 Å². The molecule has 0 saturated heterocycles. The van der Waals surface area contributed by atoms with E-state index in [1.165, 1.54) is 4.90 Å². The van der Waals surface area contributed by atoms with Crippen molar-refractivity contribution < 1.29 is 29.3 Å². The fourth-order valence-electron chi connectivity index (χ4n) is 3.33. The molecule has 9 nitrogen and oxygen atoms in total. The molecular weight excluding hydrogens is 366 g/mol. The zero-order chi connectivity index (χ0) is 20.7. The van der Waals surface area contributed by atoms with E-state index in [1.54, 1.807) is 6.92 Å². The first-order valence-corrected chi connectivity index (χ1v) is 9.29. The summed E-state index contributed by atoms with van der Waals surface area (Å²) >= 11 is 0. The molecule has 0 saturated carbocycles. The van der Waals surface area contributed by atoms with Crippen LogP contribution in [0.15, 0.2) is 24.3 Å². The van der Waals surface area contributed by atoms with Crippen LogP contribution in [0, 0.1) is 0 Å². The fourth-order valence-corrected chi connectivity index (χ4v) is 3.33. The highest BCUT2D eigenvalue weighted by Gasteiger charge is 2.35. The van der Waals surface area contributed by atoms with E-state index in [9.17, 15) is 19.5 Å². The predicted molar refractivity (Wildman–Crippen MR) is 101 cm³/mol. The van der Waals surface area contributed by atoms with Gasteiger partial charge in [-0.15, -0.1) is 0 Å². The van der Waals surface area contributed by atoms with Crippen LogP contribution in [0.2, 0.25) is 0 Å². The fraction of sp³-hybridized carbons (Fsp3) is 0.526. The molecule has 5 N–H and O–H groups in total. The van der Waals surface area contributed by atoms with Crippen LogP contribution in [0.4, 0.5) is 4.79 Å². The Morgan fingerprint density at radius 2 is 1.93 bits per heavy atom. The smallest absolute Gasteiger partial charge is 0.480 e. The molecule has 1 heterocycles. The molecule has 0 unspecified atom stereocenters. The topological polar surface area (TPSA) is 142 Å². The summed E-state index contributed by atoms with van der Waals surface area (Å²) in [5.74, 6) is -1.45. The van der Waals surface area contributed by atoms with Crippen LogP contribution in [0.5, 0.6) is 0 Å². The zero-order valence-corrected chi connectivity index (χ0v) is 15.8. The van der Waals surface area contributed by atoms with Crippen LogP contribution in [0.3, 0.4) is 0 Å². The van der Waals surface area contributed by atoms with Crippen LogP contribution in [0.1, 0.15) is 37.3 Å². The molecular formula is C19H27N3O6. The van der Waals surface area contributed by atoms with Gasteiger partial charge in [0.1, 0.15) is 6.04 Å². The molecule has 2 rings (SSSR count). The second kappa shape index (κ2) is 10.0. The molecule has 0 fully saturated rings. The van der Waals surface area contributed by atoms with Gasteiger partial charge < -0.3 is 25.6 Å². The van der Waals surface area contributed by atoms with Crippen LogP contribution in [-0.2, 0) is 27.3 Å². The van der Waals surface area contributed by atoms with Crippen molar-refractivity contribution in [2.24, 2.45) is 5.73 Å². The summed E-state index contributed by atoms with van der Waals surface area (Å²) in [5, 5.41) is 21.3. The van der Waals surface area contributed by atoms with E-state index in [1.807, 2.05) is 24.3 Å². The number of hydrogen-bond donors (Lipinski definition) is 4. The highest BCUT2D eigenvalue weighted by molar-refractivity contribution is 5.83. The Morgan fingerprint density at radius 1 is 1.25 bits per heavy atom. The Morgan fingerprint density at radius 3 is 2.54 bits per heavy atom. The van der Waals surface area contributed by atoms with E-state index in [0.717, 1.165) is 11.1 Å². The van der Waals surface area contributed by atoms with Crippen LogP contribution < -0.4 is 11.1 Å². The quantitative estimate of drug-likeness (QED) is 0.361. The van der Waals surface area contributed by atoms with Gasteiger partial charge in [-0.25, -0.2) is 4.79 Å². The number of hydrogen-bond acceptors (Lipinski definition) is 6. The van der Waals surface area contributed by atoms with Crippen molar-refractivity contribution in [3.05, 3.63) is 35.4 Å². The minimum atomic E-state index is -1.46. The van der Waals surface area contributed by atoms with E-state index < -0.39 is 36.3 Å². The summed E-state index contributed by atoms with van der Waals surface area (Å²) in [7, 11) is 0. The predicted octanol–water partition coefficient (Wildman–Crippen LogP) is 1.15. The van der Waals surface area contributed by atoms with E-state index in [0.29, 0.717) is 25.8 Å². The van der Waals surface area contributed by atoms with Gasteiger partial charge >= 0.3 is 12.1 Å². The first-order chi connectivity index (χ1) is 13.3. The molecule has 1 amide bonds. The molecule has 1 aromatic rings. The maximum Gasteiger partial charge on any atom is 0.507 e. The second-order valence-corrected chi connectivity index (χ2v) is 6.84. The van der Waals surface area contributed by atoms with Crippen LogP contribution in [-0.4, -0.2) is 58.0 Å². The lowest BCUT2D eigenvalue weighted by molar-refractivity contribution is -0.147. The normalized spacial score (nSPS) is 18.1. The minimum absolute atomic E-state index is 0.198. The average Bonchev–Trinajstić information content (AvgIpc) is 2.65. The van der Waals surface area contributed by atoms with Crippen molar-refractivity contribution in [3.63, 3.8) is 0 Å². The van der Waals surface area contributed by atoms with Crippen LogP contribution in [0.25, 0.3) is 0 Å². The van der Waals surface area contributed by atoms with E-state index >= 15 is 0 Å². The first kappa shape index (κ1) is 21.6. The highest BCUT2D eigenvalue weighted by Crippen LogP contribution is 2.25. The molecule has 0 spiro atoms. The number of rotatable bonds is 9. The number of amides is 1. The summed E-state index contributed by atoms with van der Waals surface area (Å²) in [6.45, 7) is 2.24. The van der Waals surface area contributed by atoms with Gasteiger partial charge in [0.15, 0.2) is 6.23 Å². The number of benzene rings is 1. The second-order valence-electron chi connectivity index (χ2n) is 6.84. The number of unbranched alkanes of at least 4 members (excludes halogenated alkanes) is 1. The molecule has 0 aliphatic carbocycles. The third-order valence-electron chi connectivity index (χ3n) is 4.79. The van der Waals surface area contributed by atoms with Gasteiger partial charge in [0.05, 0.1) is 6.04 Å². The molecule has 0 radical (unpaired) electrons. The number of carboxylic acids is 1. The summed E-state index contributed by atoms with van der Waals surface area (Å²) in [6.07, 6.45) is -0.492. The number of fused-ring (bicyclic) bond motifs is 1. The Labute approximate surface area is 163 Å². The van der Waals surface area contributed by atoms with Crippen molar-refractivity contribution >= 4 is 18.0 Å². The number of carbonyl (C=O) groups is 3. The lowest BCUT2D eigenvalue weighted by Crippen LogP contribution is -2.55. The maximum absolute atomic E-state index is 13.0. The molecule has 0 bridgehead atoms. The largest absolute Gasteiger partial charge is 0.507 e. The molecule has 1 aliphatic heterocycles. The maximum atomic E-state index is 13.0. The Bertz CT molecular complexity index is 711. The number of nitrogens with two attached hydrogens (primary N) is 1. The lowest BCUT2D eigenvalue weighted by Gasteiger charge is -2.37. The number of ether oxygens (including phenoxy) is 1. The first-order valence-electron chi connectivity index (χ1n) is 9.29. The van der Waals surface area contributed by atoms with E-state index in [-0.39, 0.29) is 13.0 Å². The molecule has 3 atom stereocenters. The average molecular weight is 393 g/mol. The number of nitrogens with zero attached hydrogens (tertiary/aromatic N) is 1. The van der Waals surface area contributed by atoms with Gasteiger partial charge in [-0.2, -0.15) is 0 Å². The lowest BCUT2D eigenvalue weighted by atomic mass is 9.98. The molecule has 1 aromatic carbocycles. The van der Waals surface area contributed by atoms with Crippen molar-refractivity contribution in [3.8, 4) is 0 Å². The van der Waals surface area contributed by atoms with Crippen molar-refractivity contribution in [2.45, 2.75) is 57.5 Å². The van der Waals surface area contributed by atoms with Gasteiger partial charge in [-0.1, -0.05) is 30.7 Å². The van der Waals surface area contributed by atoms with Crippen molar-refractivity contribution in [1.29, 1.82) is 0 Å². The number of aliphatic carboxylic acids is 1. The third-order valence-corrected chi connectivity index (χ3v) is 4.79. The Hall–Kier alpha value is -2.65. The number of carboxylic acid groups (broad SMARTS) is 2. The van der Waals surface area contributed by atoms with Crippen LogP contribution >= 0.6 is 0 Å². The van der Waals surface area contributed by atoms with Crippen molar-refractivity contribution in [1.82, 2.24) is 10.2 Å². The van der Waals surface area contributed by atoms with Gasteiger partial charge in [-0.05, 0) is 37.4 Å². The number of carbonyl (C=O) groups excluding carboxylic acids is 1. The van der Waals surface area contributed by atoms with Gasteiger partial charge in [0.25, 0.3) is 0 Å². The molecule has 1 aliphatic rings. The van der Waals surface area contributed by atoms with Gasteiger partial charge in [-0.3, -0.25) is 14.9 Å². The summed E-state index contributed by atoms with van der Waals surface area (Å²) in [4.78, 5) is 36.9. The zero-order valence-electron chi connectivity index (χ0n) is 15.8. The molecule has 0 aromatic heterocycles. The molecule has 154 valence electrons. The summed E-state index contributed by atoms with van der Waals surface area (Å²) in [6, 6.07) is 5.73. The van der Waals surface area contributed by atoms with E-state index in [2.05, 4.69) is 5.32 Å². The van der Waals surface area contributed by atoms with Crippen molar-refractivity contribution in [2.75, 3.05) is 6.54 Å².